The Morgan fingerprint density at radius 3 is 2.67 bits per heavy atom. The maximum absolute atomic E-state index is 10.9. The van der Waals surface area contributed by atoms with Crippen LogP contribution in [0.4, 0.5) is 0 Å². The molecule has 0 spiro atoms. The molecule has 5 heteroatoms. The van der Waals surface area contributed by atoms with Gasteiger partial charge in [0, 0.05) is 13.0 Å². The van der Waals surface area contributed by atoms with Gasteiger partial charge in [0.05, 0.1) is 0 Å². The SMILES string of the molecule is CC(=O)NOCC(=O)NC1CC1. The summed E-state index contributed by atoms with van der Waals surface area (Å²) in [5, 5.41) is 2.71. The number of carbonyl (C=O) groups excluding carboxylic acids is 2. The van der Waals surface area contributed by atoms with E-state index in [1.807, 2.05) is 0 Å². The van der Waals surface area contributed by atoms with Crippen LogP contribution in [0.3, 0.4) is 0 Å². The van der Waals surface area contributed by atoms with E-state index < -0.39 is 0 Å². The Morgan fingerprint density at radius 1 is 1.50 bits per heavy atom. The van der Waals surface area contributed by atoms with Crippen molar-refractivity contribution in [1.29, 1.82) is 0 Å². The molecule has 1 rings (SSSR count). The molecule has 68 valence electrons. The molecule has 2 amide bonds. The van der Waals surface area contributed by atoms with Crippen molar-refractivity contribution in [2.45, 2.75) is 25.8 Å². The fourth-order valence-electron chi connectivity index (χ4n) is 0.700. The van der Waals surface area contributed by atoms with E-state index in [9.17, 15) is 9.59 Å². The molecule has 0 aromatic rings. The van der Waals surface area contributed by atoms with Gasteiger partial charge >= 0.3 is 0 Å². The highest BCUT2D eigenvalue weighted by Crippen LogP contribution is 2.18. The summed E-state index contributed by atoms with van der Waals surface area (Å²) in [6.07, 6.45) is 2.09. The van der Waals surface area contributed by atoms with Crippen LogP contribution in [0, 0.1) is 0 Å². The van der Waals surface area contributed by atoms with E-state index in [-0.39, 0.29) is 18.4 Å². The first-order chi connectivity index (χ1) is 5.68. The Morgan fingerprint density at radius 2 is 2.17 bits per heavy atom. The minimum Gasteiger partial charge on any atom is -0.351 e. The third kappa shape index (κ3) is 3.92. The normalized spacial score (nSPS) is 15.4. The summed E-state index contributed by atoms with van der Waals surface area (Å²) in [5.74, 6) is -0.500. The van der Waals surface area contributed by atoms with E-state index in [2.05, 4.69) is 15.6 Å². The molecule has 1 aliphatic carbocycles. The second-order valence-electron chi connectivity index (χ2n) is 2.79. The highest BCUT2D eigenvalue weighted by atomic mass is 16.7. The lowest BCUT2D eigenvalue weighted by atomic mass is 10.6. The van der Waals surface area contributed by atoms with E-state index in [0.29, 0.717) is 6.04 Å². The van der Waals surface area contributed by atoms with Crippen LogP contribution in [0.5, 0.6) is 0 Å². The van der Waals surface area contributed by atoms with Crippen LogP contribution in [0.15, 0.2) is 0 Å². The Hall–Kier alpha value is -1.10. The maximum atomic E-state index is 10.9. The largest absolute Gasteiger partial charge is 0.351 e. The zero-order valence-electron chi connectivity index (χ0n) is 6.92. The summed E-state index contributed by atoms with van der Waals surface area (Å²) in [4.78, 5) is 25.8. The van der Waals surface area contributed by atoms with Crippen molar-refractivity contribution in [2.24, 2.45) is 0 Å². The molecular weight excluding hydrogens is 160 g/mol. The summed E-state index contributed by atoms with van der Waals surface area (Å²) >= 11 is 0. The molecule has 0 bridgehead atoms. The quantitative estimate of drug-likeness (QED) is 0.553. The minimum absolute atomic E-state index is 0.115. The summed E-state index contributed by atoms with van der Waals surface area (Å²) < 4.78 is 0. The summed E-state index contributed by atoms with van der Waals surface area (Å²) in [6.45, 7) is 1.20. The molecule has 0 aromatic carbocycles. The standard InChI is InChI=1S/C7H12N2O3/c1-5(10)9-12-4-7(11)8-6-2-3-6/h6H,2-4H2,1H3,(H,8,11)(H,9,10). The fourth-order valence-corrected chi connectivity index (χ4v) is 0.700. The molecule has 0 heterocycles. The van der Waals surface area contributed by atoms with Gasteiger partial charge in [0.2, 0.25) is 11.8 Å². The highest BCUT2D eigenvalue weighted by Gasteiger charge is 2.22. The molecular formula is C7H12N2O3. The topological polar surface area (TPSA) is 67.4 Å². The Kier molecular flexibility index (Phi) is 3.04. The van der Waals surface area contributed by atoms with Gasteiger partial charge in [-0.1, -0.05) is 0 Å². The second-order valence-corrected chi connectivity index (χ2v) is 2.79. The molecule has 1 saturated carbocycles. The van der Waals surface area contributed by atoms with E-state index in [1.54, 1.807) is 0 Å². The van der Waals surface area contributed by atoms with Crippen LogP contribution in [0.2, 0.25) is 0 Å². The molecule has 0 unspecified atom stereocenters. The average molecular weight is 172 g/mol. The van der Waals surface area contributed by atoms with Crippen molar-refractivity contribution in [2.75, 3.05) is 6.61 Å². The van der Waals surface area contributed by atoms with Crippen LogP contribution < -0.4 is 10.8 Å². The van der Waals surface area contributed by atoms with Crippen LogP contribution >= 0.6 is 0 Å². The molecule has 1 aliphatic rings. The van der Waals surface area contributed by atoms with Crippen molar-refractivity contribution in [1.82, 2.24) is 10.8 Å². The van der Waals surface area contributed by atoms with E-state index >= 15 is 0 Å². The molecule has 0 radical (unpaired) electrons. The van der Waals surface area contributed by atoms with Gasteiger partial charge in [-0.25, -0.2) is 5.48 Å². The lowest BCUT2D eigenvalue weighted by Crippen LogP contribution is -2.33. The van der Waals surface area contributed by atoms with E-state index in [4.69, 9.17) is 0 Å². The minimum atomic E-state index is -0.311. The number of amides is 2. The smallest absolute Gasteiger partial charge is 0.248 e. The predicted molar refractivity (Wildman–Crippen MR) is 40.9 cm³/mol. The van der Waals surface area contributed by atoms with Gasteiger partial charge in [-0.2, -0.15) is 0 Å². The highest BCUT2D eigenvalue weighted by molar-refractivity contribution is 5.78. The van der Waals surface area contributed by atoms with Gasteiger partial charge in [0.15, 0.2) is 6.61 Å². The lowest BCUT2D eigenvalue weighted by molar-refractivity contribution is -0.137. The van der Waals surface area contributed by atoms with Crippen LogP contribution in [0.25, 0.3) is 0 Å². The number of nitrogens with one attached hydrogen (secondary N) is 2. The molecule has 0 aromatic heterocycles. The molecule has 0 aliphatic heterocycles. The fraction of sp³-hybridized carbons (Fsp3) is 0.714. The number of hydroxylamine groups is 1. The number of hydrogen-bond acceptors (Lipinski definition) is 3. The van der Waals surface area contributed by atoms with Crippen molar-refractivity contribution >= 4 is 11.8 Å². The van der Waals surface area contributed by atoms with Crippen LogP contribution in [-0.4, -0.2) is 24.5 Å². The molecule has 12 heavy (non-hydrogen) atoms. The van der Waals surface area contributed by atoms with Gasteiger partial charge in [-0.3, -0.25) is 14.4 Å². The number of carbonyl (C=O) groups is 2. The maximum Gasteiger partial charge on any atom is 0.248 e. The average Bonchev–Trinajstić information content (AvgIpc) is 2.70. The zero-order valence-corrected chi connectivity index (χ0v) is 6.92. The van der Waals surface area contributed by atoms with Gasteiger partial charge in [0.1, 0.15) is 0 Å². The summed E-state index contributed by atoms with van der Waals surface area (Å²) in [7, 11) is 0. The first-order valence-corrected chi connectivity index (χ1v) is 3.86. The predicted octanol–water partition coefficient (Wildman–Crippen LogP) is -0.667. The van der Waals surface area contributed by atoms with Gasteiger partial charge < -0.3 is 5.32 Å². The molecule has 1 fully saturated rings. The molecule has 0 saturated heterocycles. The van der Waals surface area contributed by atoms with Crippen LogP contribution in [-0.2, 0) is 14.4 Å². The van der Waals surface area contributed by atoms with Gasteiger partial charge in [0.25, 0.3) is 0 Å². The molecule has 0 atom stereocenters. The second kappa shape index (κ2) is 4.06. The Labute approximate surface area is 70.4 Å². The first-order valence-electron chi connectivity index (χ1n) is 3.86. The summed E-state index contributed by atoms with van der Waals surface area (Å²) in [6, 6.07) is 0.332. The van der Waals surface area contributed by atoms with E-state index in [1.165, 1.54) is 6.92 Å². The summed E-state index contributed by atoms with van der Waals surface area (Å²) in [5.41, 5.74) is 2.07. The number of hydrogen-bond donors (Lipinski definition) is 2. The molecule has 2 N–H and O–H groups in total. The van der Waals surface area contributed by atoms with Gasteiger partial charge in [-0.05, 0) is 12.8 Å². The first kappa shape index (κ1) is 8.99. The lowest BCUT2D eigenvalue weighted by Gasteiger charge is -2.03. The third-order valence-corrected chi connectivity index (χ3v) is 1.36. The molecule has 5 nitrogen and oxygen atoms in total. The Balaban J connectivity index is 1.97. The monoisotopic (exact) mass is 172 g/mol. The zero-order chi connectivity index (χ0) is 8.97. The van der Waals surface area contributed by atoms with Crippen molar-refractivity contribution in [3.8, 4) is 0 Å². The van der Waals surface area contributed by atoms with Crippen molar-refractivity contribution in [3.63, 3.8) is 0 Å². The van der Waals surface area contributed by atoms with Gasteiger partial charge in [-0.15, -0.1) is 0 Å². The van der Waals surface area contributed by atoms with Crippen LogP contribution in [0.1, 0.15) is 19.8 Å². The number of rotatable bonds is 4. The van der Waals surface area contributed by atoms with Crippen molar-refractivity contribution in [3.05, 3.63) is 0 Å². The third-order valence-electron chi connectivity index (χ3n) is 1.36. The van der Waals surface area contributed by atoms with Crippen molar-refractivity contribution < 1.29 is 14.4 Å². The Bertz CT molecular complexity index is 189. The van der Waals surface area contributed by atoms with E-state index in [0.717, 1.165) is 12.8 Å².